The Labute approximate surface area is 200 Å². The number of esters is 2. The van der Waals surface area contributed by atoms with E-state index in [4.69, 9.17) is 9.47 Å². The lowest BCUT2D eigenvalue weighted by molar-refractivity contribution is -0.147. The highest BCUT2D eigenvalue weighted by atomic mass is 32.1. The van der Waals surface area contributed by atoms with Crippen molar-refractivity contribution in [2.45, 2.75) is 19.8 Å². The molecule has 0 saturated carbocycles. The van der Waals surface area contributed by atoms with E-state index >= 15 is 0 Å². The topological polar surface area (TPSA) is 97.5 Å². The first kappa shape index (κ1) is 23.3. The molecule has 0 fully saturated rings. The van der Waals surface area contributed by atoms with E-state index in [0.717, 1.165) is 22.0 Å². The van der Waals surface area contributed by atoms with Gasteiger partial charge in [0.15, 0.2) is 6.61 Å². The Morgan fingerprint density at radius 2 is 1.76 bits per heavy atom. The van der Waals surface area contributed by atoms with Crippen LogP contribution < -0.4 is 5.32 Å². The quantitative estimate of drug-likeness (QED) is 0.324. The molecule has 0 aliphatic carbocycles. The highest BCUT2D eigenvalue weighted by Gasteiger charge is 2.23. The van der Waals surface area contributed by atoms with Gasteiger partial charge in [-0.25, -0.2) is 4.79 Å². The maximum atomic E-state index is 12.6. The second-order valence-electron chi connectivity index (χ2n) is 7.51. The van der Waals surface area contributed by atoms with Crippen LogP contribution in [0.25, 0.3) is 22.0 Å². The monoisotopic (exact) mass is 476 g/mol. The number of carbonyl (C=O) groups is 3. The van der Waals surface area contributed by atoms with E-state index < -0.39 is 24.5 Å². The number of thiophene rings is 1. The molecular formula is C26H24N2O5S. The predicted molar refractivity (Wildman–Crippen MR) is 132 cm³/mol. The molecule has 0 saturated heterocycles. The van der Waals surface area contributed by atoms with Gasteiger partial charge in [-0.1, -0.05) is 48.5 Å². The number of anilines is 1. The molecule has 0 spiro atoms. The van der Waals surface area contributed by atoms with Crippen LogP contribution in [0.2, 0.25) is 0 Å². The maximum Gasteiger partial charge on any atom is 0.341 e. The van der Waals surface area contributed by atoms with Crippen LogP contribution in [0.1, 0.15) is 29.3 Å². The van der Waals surface area contributed by atoms with Gasteiger partial charge >= 0.3 is 11.9 Å². The number of para-hydroxylation sites is 1. The van der Waals surface area contributed by atoms with Crippen LogP contribution in [0, 0.1) is 0 Å². The lowest BCUT2D eigenvalue weighted by atomic mass is 10.0. The average molecular weight is 477 g/mol. The Bertz CT molecular complexity index is 1310. The minimum Gasteiger partial charge on any atom is -0.462 e. The molecule has 0 aliphatic rings. The Morgan fingerprint density at radius 3 is 2.56 bits per heavy atom. The van der Waals surface area contributed by atoms with Crippen LogP contribution in [0.15, 0.2) is 66.2 Å². The van der Waals surface area contributed by atoms with Gasteiger partial charge in [0.05, 0.1) is 6.61 Å². The van der Waals surface area contributed by atoms with Gasteiger partial charge in [-0.3, -0.25) is 9.59 Å². The normalized spacial score (nSPS) is 10.7. The highest BCUT2D eigenvalue weighted by molar-refractivity contribution is 7.15. The Balaban J connectivity index is 1.36. The molecular weight excluding hydrogens is 452 g/mol. The average Bonchev–Trinajstić information content (AvgIpc) is 3.46. The second kappa shape index (κ2) is 10.8. The molecule has 1 amide bonds. The number of nitrogens with one attached hydrogen (secondary N) is 2. The summed E-state index contributed by atoms with van der Waals surface area (Å²) in [6.07, 6.45) is 2.53. The van der Waals surface area contributed by atoms with Crippen LogP contribution in [0.5, 0.6) is 0 Å². The molecule has 2 heterocycles. The van der Waals surface area contributed by atoms with Gasteiger partial charge < -0.3 is 19.8 Å². The number of fused-ring (bicyclic) bond motifs is 1. The summed E-state index contributed by atoms with van der Waals surface area (Å²) in [6.45, 7) is 1.50. The number of aromatic amines is 1. The zero-order valence-electron chi connectivity index (χ0n) is 18.6. The number of carbonyl (C=O) groups excluding carboxylic acids is 3. The van der Waals surface area contributed by atoms with E-state index in [9.17, 15) is 14.4 Å². The lowest BCUT2D eigenvalue weighted by Gasteiger charge is -2.09. The van der Waals surface area contributed by atoms with Crippen molar-refractivity contribution in [2.75, 3.05) is 18.5 Å². The third kappa shape index (κ3) is 5.35. The van der Waals surface area contributed by atoms with Crippen LogP contribution in [-0.4, -0.2) is 36.0 Å². The third-order valence-electron chi connectivity index (χ3n) is 5.25. The molecule has 0 radical (unpaired) electrons. The smallest absolute Gasteiger partial charge is 0.341 e. The minimum atomic E-state index is -0.521. The standard InChI is InChI=1S/C26H24N2O5S/c1-2-32-26(31)24-20(17-8-4-3-5-9-17)16-34-25(24)28-22(29)15-33-23(30)13-12-18-14-27-21-11-7-6-10-19(18)21/h3-11,14,16,27H,2,12-13,15H2,1H3,(H,28,29). The van der Waals surface area contributed by atoms with Gasteiger partial charge in [0.25, 0.3) is 5.91 Å². The SMILES string of the molecule is CCOC(=O)c1c(-c2ccccc2)csc1NC(=O)COC(=O)CCc1c[nH]c2ccccc12. The number of hydrogen-bond donors (Lipinski definition) is 2. The molecule has 2 aromatic carbocycles. The first-order chi connectivity index (χ1) is 16.6. The van der Waals surface area contributed by atoms with Crippen molar-refractivity contribution in [2.24, 2.45) is 0 Å². The molecule has 34 heavy (non-hydrogen) atoms. The number of hydrogen-bond acceptors (Lipinski definition) is 6. The maximum absolute atomic E-state index is 12.6. The van der Waals surface area contributed by atoms with Gasteiger partial charge in [0.1, 0.15) is 10.6 Å². The Morgan fingerprint density at radius 1 is 1.00 bits per heavy atom. The predicted octanol–water partition coefficient (Wildman–Crippen LogP) is 5.19. The number of aromatic nitrogens is 1. The molecule has 8 heteroatoms. The van der Waals surface area contributed by atoms with Crippen molar-refractivity contribution in [3.05, 3.63) is 77.3 Å². The molecule has 2 N–H and O–H groups in total. The molecule has 2 aromatic heterocycles. The summed E-state index contributed by atoms with van der Waals surface area (Å²) in [7, 11) is 0. The zero-order valence-corrected chi connectivity index (χ0v) is 19.4. The van der Waals surface area contributed by atoms with Crippen molar-refractivity contribution in [1.29, 1.82) is 0 Å². The number of H-pyrrole nitrogens is 1. The van der Waals surface area contributed by atoms with Crippen molar-refractivity contribution in [3.8, 4) is 11.1 Å². The lowest BCUT2D eigenvalue weighted by Crippen LogP contribution is -2.21. The minimum absolute atomic E-state index is 0.153. The van der Waals surface area contributed by atoms with Gasteiger partial charge in [-0.05, 0) is 30.5 Å². The zero-order chi connectivity index (χ0) is 23.9. The fourth-order valence-electron chi connectivity index (χ4n) is 3.64. The third-order valence-corrected chi connectivity index (χ3v) is 6.14. The van der Waals surface area contributed by atoms with Crippen molar-refractivity contribution < 1.29 is 23.9 Å². The molecule has 0 aliphatic heterocycles. The van der Waals surface area contributed by atoms with E-state index in [0.29, 0.717) is 17.0 Å². The van der Waals surface area contributed by atoms with Crippen molar-refractivity contribution in [3.63, 3.8) is 0 Å². The first-order valence-corrected chi connectivity index (χ1v) is 11.8. The molecule has 0 bridgehead atoms. The molecule has 174 valence electrons. The second-order valence-corrected chi connectivity index (χ2v) is 8.39. The molecule has 4 rings (SSSR count). The van der Waals surface area contributed by atoms with E-state index in [1.54, 1.807) is 12.3 Å². The summed E-state index contributed by atoms with van der Waals surface area (Å²) >= 11 is 1.22. The largest absolute Gasteiger partial charge is 0.462 e. The van der Waals surface area contributed by atoms with Gasteiger partial charge in [-0.2, -0.15) is 0 Å². The Hall–Kier alpha value is -3.91. The fraction of sp³-hybridized carbons (Fsp3) is 0.192. The summed E-state index contributed by atoms with van der Waals surface area (Å²) in [4.78, 5) is 40.4. The first-order valence-electron chi connectivity index (χ1n) is 10.9. The number of rotatable bonds is 9. The highest BCUT2D eigenvalue weighted by Crippen LogP contribution is 2.36. The van der Waals surface area contributed by atoms with Crippen LogP contribution in [-0.2, 0) is 25.5 Å². The molecule has 4 aromatic rings. The molecule has 0 unspecified atom stereocenters. The van der Waals surface area contributed by atoms with Crippen LogP contribution >= 0.6 is 11.3 Å². The van der Waals surface area contributed by atoms with Gasteiger partial charge in [0, 0.05) is 34.5 Å². The summed E-state index contributed by atoms with van der Waals surface area (Å²) in [5, 5.41) is 5.90. The molecule has 0 atom stereocenters. The number of benzene rings is 2. The fourth-order valence-corrected chi connectivity index (χ4v) is 4.62. The van der Waals surface area contributed by atoms with Gasteiger partial charge in [0.2, 0.25) is 0 Å². The van der Waals surface area contributed by atoms with Gasteiger partial charge in [-0.15, -0.1) is 11.3 Å². The summed E-state index contributed by atoms with van der Waals surface area (Å²) in [5.74, 6) is -1.51. The number of amides is 1. The van der Waals surface area contributed by atoms with Crippen LogP contribution in [0.3, 0.4) is 0 Å². The van der Waals surface area contributed by atoms with E-state index in [1.165, 1.54) is 11.3 Å². The summed E-state index contributed by atoms with van der Waals surface area (Å²) in [5.41, 5.74) is 3.83. The van der Waals surface area contributed by atoms with E-state index in [2.05, 4.69) is 10.3 Å². The van der Waals surface area contributed by atoms with Crippen molar-refractivity contribution in [1.82, 2.24) is 4.98 Å². The van der Waals surface area contributed by atoms with Crippen LogP contribution in [0.4, 0.5) is 5.00 Å². The number of ether oxygens (including phenoxy) is 2. The molecule has 7 nitrogen and oxygen atoms in total. The van der Waals surface area contributed by atoms with E-state index in [1.807, 2.05) is 60.8 Å². The Kier molecular flexibility index (Phi) is 7.39. The summed E-state index contributed by atoms with van der Waals surface area (Å²) < 4.78 is 10.3. The van der Waals surface area contributed by atoms with E-state index in [-0.39, 0.29) is 18.6 Å². The number of aryl methyl sites for hydroxylation is 1. The van der Waals surface area contributed by atoms with Crippen molar-refractivity contribution >= 4 is 45.1 Å². The summed E-state index contributed by atoms with van der Waals surface area (Å²) in [6, 6.07) is 17.2.